The van der Waals surface area contributed by atoms with Crippen LogP contribution in [0.15, 0.2) is 36.4 Å². The van der Waals surface area contributed by atoms with E-state index >= 15 is 0 Å². The Balaban J connectivity index is 1.53. The number of carbonyl (C=O) groups excluding carboxylic acids is 2. The molecule has 0 aliphatic carbocycles. The number of alkyl halides is 1. The minimum absolute atomic E-state index is 0.144. The molecular formula is C22H26BrNO2. The molecule has 0 unspecified atom stereocenters. The highest BCUT2D eigenvalue weighted by Gasteiger charge is 2.31. The van der Waals surface area contributed by atoms with Crippen LogP contribution in [0.2, 0.25) is 0 Å². The molecule has 0 aromatic heterocycles. The van der Waals surface area contributed by atoms with Crippen molar-refractivity contribution in [2.45, 2.75) is 51.4 Å². The number of nitrogens with zero attached hydrogens (tertiary/aromatic N) is 1. The zero-order chi connectivity index (χ0) is 18.4. The summed E-state index contributed by atoms with van der Waals surface area (Å²) in [5, 5.41) is 2.87. The normalized spacial score (nSPS) is 13.7. The van der Waals surface area contributed by atoms with Crippen LogP contribution in [0.1, 0.15) is 72.1 Å². The standard InChI is InChI=1S/C22H26BrNO2/c23-15-7-5-3-1-2-4-6-8-16-24-21(25)18-13-9-11-17-12-10-14-19(20(17)18)22(24)26/h9-14H,1-8,15-16H2. The Morgan fingerprint density at radius 3 is 1.73 bits per heavy atom. The van der Waals surface area contributed by atoms with Crippen molar-refractivity contribution in [1.29, 1.82) is 0 Å². The van der Waals surface area contributed by atoms with Gasteiger partial charge in [-0.1, -0.05) is 78.7 Å². The number of carbonyl (C=O) groups is 2. The maximum absolute atomic E-state index is 12.8. The number of hydrogen-bond donors (Lipinski definition) is 0. The van der Waals surface area contributed by atoms with E-state index in [2.05, 4.69) is 15.9 Å². The van der Waals surface area contributed by atoms with Gasteiger partial charge in [-0.2, -0.15) is 0 Å². The first-order chi connectivity index (χ1) is 12.7. The van der Waals surface area contributed by atoms with Crippen molar-refractivity contribution >= 4 is 38.5 Å². The van der Waals surface area contributed by atoms with Crippen LogP contribution in [0.4, 0.5) is 0 Å². The van der Waals surface area contributed by atoms with Gasteiger partial charge < -0.3 is 0 Å². The first kappa shape index (κ1) is 19.1. The summed E-state index contributed by atoms with van der Waals surface area (Å²) in [6.07, 6.45) is 9.52. The van der Waals surface area contributed by atoms with Gasteiger partial charge in [0.15, 0.2) is 0 Å². The molecule has 26 heavy (non-hydrogen) atoms. The summed E-state index contributed by atoms with van der Waals surface area (Å²) < 4.78 is 0. The lowest BCUT2D eigenvalue weighted by molar-refractivity contribution is 0.0607. The van der Waals surface area contributed by atoms with Gasteiger partial charge in [0, 0.05) is 28.4 Å². The Labute approximate surface area is 163 Å². The van der Waals surface area contributed by atoms with Crippen LogP contribution >= 0.6 is 15.9 Å². The van der Waals surface area contributed by atoms with E-state index in [4.69, 9.17) is 0 Å². The maximum Gasteiger partial charge on any atom is 0.261 e. The van der Waals surface area contributed by atoms with Crippen molar-refractivity contribution in [1.82, 2.24) is 4.90 Å². The fourth-order valence-electron chi connectivity index (χ4n) is 3.71. The average Bonchev–Trinajstić information content (AvgIpc) is 2.67. The summed E-state index contributed by atoms with van der Waals surface area (Å²) >= 11 is 3.46. The highest BCUT2D eigenvalue weighted by atomic mass is 79.9. The van der Waals surface area contributed by atoms with Crippen LogP contribution in [0.25, 0.3) is 10.8 Å². The molecule has 1 heterocycles. The van der Waals surface area contributed by atoms with Gasteiger partial charge in [0.1, 0.15) is 0 Å². The fourth-order valence-corrected chi connectivity index (χ4v) is 4.11. The number of unbranched alkanes of at least 4 members (excludes halogenated alkanes) is 7. The smallest absolute Gasteiger partial charge is 0.261 e. The zero-order valence-electron chi connectivity index (χ0n) is 15.2. The van der Waals surface area contributed by atoms with Crippen LogP contribution in [0.3, 0.4) is 0 Å². The van der Waals surface area contributed by atoms with Crippen molar-refractivity contribution in [2.24, 2.45) is 0 Å². The van der Waals surface area contributed by atoms with E-state index in [1.165, 1.54) is 43.4 Å². The van der Waals surface area contributed by atoms with E-state index in [0.29, 0.717) is 17.7 Å². The second kappa shape index (κ2) is 9.31. The number of rotatable bonds is 10. The Morgan fingerprint density at radius 1 is 0.692 bits per heavy atom. The van der Waals surface area contributed by atoms with Crippen LogP contribution in [0, 0.1) is 0 Å². The highest BCUT2D eigenvalue weighted by Crippen LogP contribution is 2.30. The molecule has 3 rings (SSSR count). The largest absolute Gasteiger partial charge is 0.274 e. The van der Waals surface area contributed by atoms with Gasteiger partial charge in [-0.05, 0) is 30.4 Å². The van der Waals surface area contributed by atoms with E-state index in [0.717, 1.165) is 28.9 Å². The molecule has 1 aliphatic heterocycles. The Bertz CT molecular complexity index is 736. The molecule has 0 saturated carbocycles. The number of benzene rings is 2. The first-order valence-electron chi connectivity index (χ1n) is 9.68. The van der Waals surface area contributed by atoms with Crippen LogP contribution in [-0.2, 0) is 0 Å². The van der Waals surface area contributed by atoms with Gasteiger partial charge in [-0.15, -0.1) is 0 Å². The van der Waals surface area contributed by atoms with Crippen molar-refractivity contribution in [3.8, 4) is 0 Å². The first-order valence-corrected chi connectivity index (χ1v) is 10.8. The zero-order valence-corrected chi connectivity index (χ0v) is 16.8. The molecule has 4 heteroatoms. The molecule has 138 valence electrons. The lowest BCUT2D eigenvalue weighted by Gasteiger charge is -2.27. The SMILES string of the molecule is O=C1c2cccc3cccc(c23)C(=O)N1CCCCCCCCCCBr. The maximum atomic E-state index is 12.8. The van der Waals surface area contributed by atoms with E-state index in [9.17, 15) is 9.59 Å². The third-order valence-electron chi connectivity index (χ3n) is 5.12. The second-order valence-electron chi connectivity index (χ2n) is 6.99. The van der Waals surface area contributed by atoms with Gasteiger partial charge in [0.05, 0.1) is 0 Å². The lowest BCUT2D eigenvalue weighted by atomic mass is 9.94. The molecule has 0 atom stereocenters. The lowest BCUT2D eigenvalue weighted by Crippen LogP contribution is -2.40. The third kappa shape index (κ3) is 4.17. The Hall–Kier alpha value is -1.68. The van der Waals surface area contributed by atoms with E-state index < -0.39 is 0 Å². The summed E-state index contributed by atoms with van der Waals surface area (Å²) in [6, 6.07) is 11.4. The molecule has 1 aliphatic rings. The predicted molar refractivity (Wildman–Crippen MR) is 110 cm³/mol. The van der Waals surface area contributed by atoms with Crippen molar-refractivity contribution in [2.75, 3.05) is 11.9 Å². The summed E-state index contributed by atoms with van der Waals surface area (Å²) in [5.41, 5.74) is 1.31. The molecule has 0 fully saturated rings. The molecule has 0 spiro atoms. The quantitative estimate of drug-likeness (QED) is 0.273. The van der Waals surface area contributed by atoms with Crippen molar-refractivity contribution in [3.05, 3.63) is 47.5 Å². The van der Waals surface area contributed by atoms with Crippen molar-refractivity contribution < 1.29 is 9.59 Å². The number of imide groups is 1. The number of amides is 2. The minimum Gasteiger partial charge on any atom is -0.274 e. The summed E-state index contributed by atoms with van der Waals surface area (Å²) in [5.74, 6) is -0.289. The number of hydrogen-bond acceptors (Lipinski definition) is 2. The van der Waals surface area contributed by atoms with Crippen LogP contribution in [-0.4, -0.2) is 28.6 Å². The van der Waals surface area contributed by atoms with Gasteiger partial charge in [-0.25, -0.2) is 0 Å². The monoisotopic (exact) mass is 415 g/mol. The Morgan fingerprint density at radius 2 is 1.19 bits per heavy atom. The van der Waals surface area contributed by atoms with Gasteiger partial charge in [0.2, 0.25) is 0 Å². The molecule has 0 N–H and O–H groups in total. The Kier molecular flexibility index (Phi) is 6.84. The molecule has 0 bridgehead atoms. The van der Waals surface area contributed by atoms with Gasteiger partial charge in [-0.3, -0.25) is 14.5 Å². The summed E-state index contributed by atoms with van der Waals surface area (Å²) in [6.45, 7) is 0.520. The molecule has 2 aromatic carbocycles. The third-order valence-corrected chi connectivity index (χ3v) is 5.68. The molecular weight excluding hydrogens is 390 g/mol. The van der Waals surface area contributed by atoms with Crippen LogP contribution in [0.5, 0.6) is 0 Å². The average molecular weight is 416 g/mol. The van der Waals surface area contributed by atoms with E-state index in [1.807, 2.05) is 36.4 Å². The molecule has 0 radical (unpaired) electrons. The molecule has 0 saturated heterocycles. The second-order valence-corrected chi connectivity index (χ2v) is 7.78. The molecule has 3 nitrogen and oxygen atoms in total. The number of halogens is 1. The van der Waals surface area contributed by atoms with Gasteiger partial charge >= 0.3 is 0 Å². The molecule has 2 amide bonds. The van der Waals surface area contributed by atoms with Gasteiger partial charge in [0.25, 0.3) is 11.8 Å². The molecule has 2 aromatic rings. The summed E-state index contributed by atoms with van der Waals surface area (Å²) in [7, 11) is 0. The highest BCUT2D eigenvalue weighted by molar-refractivity contribution is 9.09. The summed E-state index contributed by atoms with van der Waals surface area (Å²) in [4.78, 5) is 27.0. The topological polar surface area (TPSA) is 37.4 Å². The predicted octanol–water partition coefficient (Wildman–Crippen LogP) is 5.95. The van der Waals surface area contributed by atoms with E-state index in [1.54, 1.807) is 0 Å². The van der Waals surface area contributed by atoms with Crippen molar-refractivity contribution in [3.63, 3.8) is 0 Å². The minimum atomic E-state index is -0.144. The fraction of sp³-hybridized carbons (Fsp3) is 0.455. The van der Waals surface area contributed by atoms with Crippen LogP contribution < -0.4 is 0 Å². The van der Waals surface area contributed by atoms with E-state index in [-0.39, 0.29) is 11.8 Å².